The van der Waals surface area contributed by atoms with E-state index in [-0.39, 0.29) is 65.4 Å². The third-order valence-corrected chi connectivity index (χ3v) is 10.5. The van der Waals surface area contributed by atoms with Crippen LogP contribution in [0.15, 0.2) is 27.6 Å². The van der Waals surface area contributed by atoms with Gasteiger partial charge in [-0.25, -0.2) is 8.42 Å². The first-order chi connectivity index (χ1) is 22.1. The number of nitrogens with zero attached hydrogens (tertiary/aromatic N) is 4. The van der Waals surface area contributed by atoms with Crippen LogP contribution in [0.4, 0.5) is 5.69 Å². The second-order valence-electron chi connectivity index (χ2n) is 12.9. The first-order valence-corrected chi connectivity index (χ1v) is 17.8. The van der Waals surface area contributed by atoms with E-state index < -0.39 is 22.2 Å². The first-order valence-electron chi connectivity index (χ1n) is 16.3. The van der Waals surface area contributed by atoms with Crippen LogP contribution in [0, 0.1) is 19.8 Å². The van der Waals surface area contributed by atoms with Gasteiger partial charge in [-0.15, -0.1) is 0 Å². The van der Waals surface area contributed by atoms with Gasteiger partial charge >= 0.3 is 0 Å². The Morgan fingerprint density at radius 1 is 1.19 bits per heavy atom. The number of fused-ring (bicyclic) bond motifs is 1. The fourth-order valence-electron chi connectivity index (χ4n) is 5.59. The number of amides is 2. The lowest BCUT2D eigenvalue weighted by atomic mass is 10.0. The van der Waals surface area contributed by atoms with Crippen molar-refractivity contribution in [3.63, 3.8) is 0 Å². The monoisotopic (exact) mass is 679 g/mol. The Kier molecular flexibility index (Phi) is 14.2. The smallest absolute Gasteiger partial charge is 0.258 e. The van der Waals surface area contributed by atoms with Crippen LogP contribution in [-0.4, -0.2) is 117 Å². The van der Waals surface area contributed by atoms with E-state index in [1.807, 2.05) is 32.8 Å². The lowest BCUT2D eigenvalue weighted by Crippen LogP contribution is -2.48. The Labute approximate surface area is 279 Å². The number of hydrogen-bond acceptors (Lipinski definition) is 10. The molecule has 0 unspecified atom stereocenters. The maximum absolute atomic E-state index is 14.3. The van der Waals surface area contributed by atoms with Crippen LogP contribution >= 0.6 is 0 Å². The molecule has 1 aliphatic rings. The van der Waals surface area contributed by atoms with E-state index in [1.54, 1.807) is 43.9 Å². The molecular formula is C33H53N5O8S. The summed E-state index contributed by atoms with van der Waals surface area (Å²) in [6.07, 6.45) is 2.50. The van der Waals surface area contributed by atoms with E-state index in [4.69, 9.17) is 14.0 Å². The van der Waals surface area contributed by atoms with Crippen LogP contribution in [0.2, 0.25) is 0 Å². The van der Waals surface area contributed by atoms with Gasteiger partial charge in [0.1, 0.15) is 16.3 Å². The zero-order valence-corrected chi connectivity index (χ0v) is 29.9. The number of anilines is 1. The zero-order chi connectivity index (χ0) is 34.9. The van der Waals surface area contributed by atoms with Crippen LogP contribution < -0.4 is 10.1 Å². The molecule has 0 bridgehead atoms. The summed E-state index contributed by atoms with van der Waals surface area (Å²) >= 11 is 0. The third kappa shape index (κ3) is 10.5. The van der Waals surface area contributed by atoms with Crippen molar-refractivity contribution in [3.05, 3.63) is 35.2 Å². The topological polar surface area (TPSA) is 155 Å². The number of aryl methyl sites for hydroxylation is 2. The van der Waals surface area contributed by atoms with Gasteiger partial charge < -0.3 is 34.2 Å². The number of benzene rings is 1. The lowest BCUT2D eigenvalue weighted by Gasteiger charge is -2.35. The van der Waals surface area contributed by atoms with Crippen molar-refractivity contribution in [3.8, 4) is 5.75 Å². The molecule has 0 radical (unpaired) electrons. The predicted molar refractivity (Wildman–Crippen MR) is 179 cm³/mol. The van der Waals surface area contributed by atoms with E-state index in [0.717, 1.165) is 19.4 Å². The normalized spacial score (nSPS) is 20.9. The molecule has 0 saturated heterocycles. The van der Waals surface area contributed by atoms with Gasteiger partial charge in [0.15, 0.2) is 5.76 Å². The highest BCUT2D eigenvalue weighted by atomic mass is 32.2. The van der Waals surface area contributed by atoms with Crippen LogP contribution in [0.25, 0.3) is 0 Å². The van der Waals surface area contributed by atoms with Crippen molar-refractivity contribution in [2.45, 2.75) is 89.9 Å². The van der Waals surface area contributed by atoms with Crippen molar-refractivity contribution < 1.29 is 37.1 Å². The summed E-state index contributed by atoms with van der Waals surface area (Å²) in [4.78, 5) is 30.6. The Morgan fingerprint density at radius 2 is 1.91 bits per heavy atom. The molecule has 2 heterocycles. The molecule has 13 nitrogen and oxygen atoms in total. The highest BCUT2D eigenvalue weighted by Gasteiger charge is 2.34. The van der Waals surface area contributed by atoms with Crippen molar-refractivity contribution in [1.82, 2.24) is 19.3 Å². The summed E-state index contributed by atoms with van der Waals surface area (Å²) in [6.45, 7) is 9.82. The SMILES string of the molecule is Cc1noc(C)c1S(=O)(=O)N(C)C[C@@H]1OCCCC[C@H](C)Oc2ccc(NC(=O)CCCN(C)C)cc2C(=O)N([C@H](C)CO)C[C@H]1C. The highest BCUT2D eigenvalue weighted by Crippen LogP contribution is 2.29. The average molecular weight is 680 g/mol. The average Bonchev–Trinajstić information content (AvgIpc) is 3.36. The molecule has 14 heteroatoms. The van der Waals surface area contributed by atoms with E-state index >= 15 is 0 Å². The van der Waals surface area contributed by atoms with Crippen LogP contribution in [0.3, 0.4) is 0 Å². The molecule has 0 fully saturated rings. The standard InChI is InChI=1S/C33H53N5O8S/c1-22-19-38(23(2)21-39)33(41)28-18-27(34-31(40)13-11-16-36(6)7)14-15-29(28)45-24(3)12-9-10-17-44-30(22)20-37(8)47(42,43)32-25(4)35-46-26(32)5/h14-15,18,22-24,30,39H,9-13,16-17,19-21H2,1-8H3,(H,34,40)/t22-,23-,24+,30+/m1/s1. The molecular weight excluding hydrogens is 626 g/mol. The number of aromatic nitrogens is 1. The number of nitrogens with one attached hydrogen (secondary N) is 1. The number of aliphatic hydroxyl groups excluding tert-OH is 1. The molecule has 264 valence electrons. The minimum absolute atomic E-state index is 0.0310. The van der Waals surface area contributed by atoms with Gasteiger partial charge in [0.25, 0.3) is 5.91 Å². The number of likely N-dealkylation sites (N-methyl/N-ethyl adjacent to an activating group) is 1. The quantitative estimate of drug-likeness (QED) is 0.359. The number of carbonyl (C=O) groups is 2. The number of hydrogen-bond donors (Lipinski definition) is 2. The van der Waals surface area contributed by atoms with Crippen LogP contribution in [0.5, 0.6) is 5.75 Å². The minimum atomic E-state index is -3.94. The number of carbonyl (C=O) groups excluding carboxylic acids is 2. The Hall–Kier alpha value is -3.04. The molecule has 2 aromatic rings. The Balaban J connectivity index is 1.94. The van der Waals surface area contributed by atoms with Crippen LogP contribution in [0.1, 0.15) is 74.7 Å². The van der Waals surface area contributed by atoms with Gasteiger partial charge in [-0.05, 0) is 92.2 Å². The fraction of sp³-hybridized carbons (Fsp3) is 0.667. The molecule has 2 N–H and O–H groups in total. The van der Waals surface area contributed by atoms with Gasteiger partial charge in [-0.3, -0.25) is 9.59 Å². The summed E-state index contributed by atoms with van der Waals surface area (Å²) in [7, 11) is 1.46. The molecule has 0 aliphatic carbocycles. The molecule has 4 atom stereocenters. The van der Waals surface area contributed by atoms with E-state index in [0.29, 0.717) is 37.3 Å². The first kappa shape index (κ1) is 38.4. The Morgan fingerprint density at radius 3 is 2.55 bits per heavy atom. The van der Waals surface area contributed by atoms with Gasteiger partial charge in [-0.1, -0.05) is 12.1 Å². The summed E-state index contributed by atoms with van der Waals surface area (Å²) in [5, 5.41) is 16.9. The van der Waals surface area contributed by atoms with Gasteiger partial charge in [-0.2, -0.15) is 4.31 Å². The molecule has 1 aromatic heterocycles. The number of rotatable bonds is 11. The van der Waals surface area contributed by atoms with E-state index in [9.17, 15) is 23.1 Å². The molecule has 3 rings (SSSR count). The third-order valence-electron chi connectivity index (χ3n) is 8.42. The van der Waals surface area contributed by atoms with Crippen molar-refractivity contribution >= 4 is 27.5 Å². The van der Waals surface area contributed by atoms with Crippen molar-refractivity contribution in [2.24, 2.45) is 5.92 Å². The predicted octanol–water partition coefficient (Wildman–Crippen LogP) is 3.69. The highest BCUT2D eigenvalue weighted by molar-refractivity contribution is 7.89. The number of sulfonamides is 1. The fourth-order valence-corrected chi connectivity index (χ4v) is 7.06. The maximum atomic E-state index is 14.3. The number of aliphatic hydroxyl groups is 1. The molecule has 1 aromatic carbocycles. The van der Waals surface area contributed by atoms with Gasteiger partial charge in [0, 0.05) is 44.8 Å². The van der Waals surface area contributed by atoms with Gasteiger partial charge in [0.05, 0.1) is 30.4 Å². The summed E-state index contributed by atoms with van der Waals surface area (Å²) in [5.74, 6) is -0.259. The molecule has 47 heavy (non-hydrogen) atoms. The minimum Gasteiger partial charge on any atom is -0.490 e. The largest absolute Gasteiger partial charge is 0.490 e. The number of ether oxygens (including phenoxy) is 2. The maximum Gasteiger partial charge on any atom is 0.258 e. The van der Waals surface area contributed by atoms with E-state index in [2.05, 4.69) is 10.5 Å². The Bertz CT molecular complexity index is 1430. The molecule has 2 amide bonds. The summed E-state index contributed by atoms with van der Waals surface area (Å²) in [6, 6.07) is 4.49. The summed E-state index contributed by atoms with van der Waals surface area (Å²) in [5.41, 5.74) is 1.02. The molecule has 1 aliphatic heterocycles. The second kappa shape index (κ2) is 17.4. The van der Waals surface area contributed by atoms with E-state index in [1.165, 1.54) is 11.4 Å². The van der Waals surface area contributed by atoms with Crippen molar-refractivity contribution in [1.29, 1.82) is 0 Å². The van der Waals surface area contributed by atoms with Gasteiger partial charge in [0.2, 0.25) is 15.9 Å². The van der Waals surface area contributed by atoms with Crippen LogP contribution in [-0.2, 0) is 19.6 Å². The van der Waals surface area contributed by atoms with Crippen molar-refractivity contribution in [2.75, 3.05) is 59.3 Å². The summed E-state index contributed by atoms with van der Waals surface area (Å²) < 4.78 is 46.0. The molecule has 0 spiro atoms. The lowest BCUT2D eigenvalue weighted by molar-refractivity contribution is -0.116. The second-order valence-corrected chi connectivity index (χ2v) is 14.9. The zero-order valence-electron chi connectivity index (χ0n) is 29.1. The molecule has 0 saturated carbocycles.